The predicted octanol–water partition coefficient (Wildman–Crippen LogP) is 6.94. The number of allylic oxidation sites excluding steroid dienone is 4. The number of unbranched alkanes of at least 4 members (excludes halogenated alkanes) is 23. The number of hydrogen-bond donors (Lipinski definition) is 9. The summed E-state index contributed by atoms with van der Waals surface area (Å²) in [5, 5.41) is 86.9. The molecule has 2 heterocycles. The summed E-state index contributed by atoms with van der Waals surface area (Å²) in [5.41, 5.74) is 0. The van der Waals surface area contributed by atoms with E-state index in [9.17, 15) is 45.6 Å². The van der Waals surface area contributed by atoms with Crippen molar-refractivity contribution in [3.05, 3.63) is 24.3 Å². The number of nitrogens with one attached hydrogen (secondary N) is 1. The molecule has 1 amide bonds. The van der Waals surface area contributed by atoms with Crippen LogP contribution in [0.2, 0.25) is 0 Å². The molecule has 12 atom stereocenters. The summed E-state index contributed by atoms with van der Waals surface area (Å²) in [6, 6.07) is -0.830. The Balaban J connectivity index is 1.82. The largest absolute Gasteiger partial charge is 0.394 e. The molecule has 382 valence electrons. The van der Waals surface area contributed by atoms with Crippen LogP contribution in [0.3, 0.4) is 0 Å². The van der Waals surface area contributed by atoms with Crippen molar-refractivity contribution >= 4 is 5.91 Å². The van der Waals surface area contributed by atoms with E-state index in [4.69, 9.17) is 18.9 Å². The maximum atomic E-state index is 13.2. The Kier molecular flexibility index (Phi) is 35.1. The highest BCUT2D eigenvalue weighted by atomic mass is 16.7. The van der Waals surface area contributed by atoms with E-state index in [1.54, 1.807) is 0 Å². The van der Waals surface area contributed by atoms with Crippen molar-refractivity contribution in [2.45, 2.75) is 274 Å². The fourth-order valence-electron chi connectivity index (χ4n) is 8.62. The Morgan fingerprint density at radius 1 is 0.554 bits per heavy atom. The number of amides is 1. The van der Waals surface area contributed by atoms with Gasteiger partial charge in [-0.2, -0.15) is 0 Å². The molecule has 65 heavy (non-hydrogen) atoms. The average molecular weight is 930 g/mol. The van der Waals surface area contributed by atoms with Gasteiger partial charge in [0.25, 0.3) is 0 Å². The molecular formula is C51H95NO13. The lowest BCUT2D eigenvalue weighted by molar-refractivity contribution is -0.359. The van der Waals surface area contributed by atoms with Crippen molar-refractivity contribution in [3.63, 3.8) is 0 Å². The van der Waals surface area contributed by atoms with Crippen molar-refractivity contribution < 1.29 is 64.6 Å². The van der Waals surface area contributed by atoms with Crippen LogP contribution in [-0.2, 0) is 23.7 Å². The van der Waals surface area contributed by atoms with Crippen LogP contribution in [0.4, 0.5) is 0 Å². The molecule has 2 aliphatic rings. The molecule has 2 rings (SSSR count). The Bertz CT molecular complexity index is 1190. The second-order valence-electron chi connectivity index (χ2n) is 18.7. The van der Waals surface area contributed by atoms with E-state index < -0.39 is 86.8 Å². The van der Waals surface area contributed by atoms with Crippen molar-refractivity contribution in [2.75, 3.05) is 19.8 Å². The monoisotopic (exact) mass is 930 g/mol. The van der Waals surface area contributed by atoms with E-state index in [1.807, 2.05) is 0 Å². The van der Waals surface area contributed by atoms with Crippen molar-refractivity contribution in [3.8, 4) is 0 Å². The maximum absolute atomic E-state index is 13.2. The van der Waals surface area contributed by atoms with Crippen molar-refractivity contribution in [1.82, 2.24) is 5.32 Å². The zero-order chi connectivity index (χ0) is 47.5. The SMILES string of the molecule is CCCCCC/C=C\C/C=C\CCCCCCCCCC(=O)NC(COC1OC(CO)C(OC2OC(CO)C(O)C(O)C2O)C(O)C1O)C(O)CCCCCCCCCCCCCCC. The second-order valence-corrected chi connectivity index (χ2v) is 18.7. The summed E-state index contributed by atoms with van der Waals surface area (Å²) >= 11 is 0. The number of carbonyl (C=O) groups excluding carboxylic acids is 1. The van der Waals surface area contributed by atoms with Crippen LogP contribution in [0.1, 0.15) is 200 Å². The first-order chi connectivity index (χ1) is 31.6. The summed E-state index contributed by atoms with van der Waals surface area (Å²) in [5.74, 6) is -0.215. The molecule has 14 nitrogen and oxygen atoms in total. The molecule has 0 aliphatic carbocycles. The van der Waals surface area contributed by atoms with Gasteiger partial charge in [0.1, 0.15) is 48.8 Å². The number of ether oxygens (including phenoxy) is 4. The van der Waals surface area contributed by atoms with Crippen LogP contribution in [0.5, 0.6) is 0 Å². The number of aliphatic hydroxyl groups is 8. The molecule has 0 spiro atoms. The minimum atomic E-state index is -1.78. The number of aliphatic hydroxyl groups excluding tert-OH is 8. The van der Waals surface area contributed by atoms with Gasteiger partial charge < -0.3 is 65.1 Å². The molecule has 0 saturated carbocycles. The maximum Gasteiger partial charge on any atom is 0.220 e. The first kappa shape index (κ1) is 59.6. The van der Waals surface area contributed by atoms with Crippen molar-refractivity contribution in [1.29, 1.82) is 0 Å². The van der Waals surface area contributed by atoms with Crippen LogP contribution < -0.4 is 5.32 Å². The highest BCUT2D eigenvalue weighted by Crippen LogP contribution is 2.30. The van der Waals surface area contributed by atoms with Crippen LogP contribution in [0.15, 0.2) is 24.3 Å². The molecule has 0 aromatic rings. The smallest absolute Gasteiger partial charge is 0.220 e. The molecule has 0 radical (unpaired) electrons. The van der Waals surface area contributed by atoms with Gasteiger partial charge in [0.2, 0.25) is 5.91 Å². The van der Waals surface area contributed by atoms with Gasteiger partial charge in [0, 0.05) is 6.42 Å². The Morgan fingerprint density at radius 3 is 1.55 bits per heavy atom. The lowest BCUT2D eigenvalue weighted by atomic mass is 9.97. The minimum absolute atomic E-state index is 0.215. The normalized spacial score (nSPS) is 27.2. The Hall–Kier alpha value is -1.53. The highest BCUT2D eigenvalue weighted by Gasteiger charge is 2.51. The summed E-state index contributed by atoms with van der Waals surface area (Å²) in [4.78, 5) is 13.2. The fourth-order valence-corrected chi connectivity index (χ4v) is 8.62. The minimum Gasteiger partial charge on any atom is -0.394 e. The van der Waals surface area contributed by atoms with Gasteiger partial charge in [0.05, 0.1) is 32.0 Å². The van der Waals surface area contributed by atoms with Crippen LogP contribution in [-0.4, -0.2) is 140 Å². The zero-order valence-electron chi connectivity index (χ0n) is 40.5. The van der Waals surface area contributed by atoms with Crippen LogP contribution >= 0.6 is 0 Å². The molecule has 2 fully saturated rings. The zero-order valence-corrected chi connectivity index (χ0v) is 40.5. The lowest BCUT2D eigenvalue weighted by Crippen LogP contribution is -2.65. The third-order valence-electron chi connectivity index (χ3n) is 12.9. The van der Waals surface area contributed by atoms with Crippen LogP contribution in [0, 0.1) is 0 Å². The van der Waals surface area contributed by atoms with Gasteiger partial charge in [0.15, 0.2) is 12.6 Å². The first-order valence-corrected chi connectivity index (χ1v) is 26.1. The molecular weight excluding hydrogens is 835 g/mol. The van der Waals surface area contributed by atoms with E-state index in [0.717, 1.165) is 57.8 Å². The Labute approximate surface area is 392 Å². The predicted molar refractivity (Wildman–Crippen MR) is 254 cm³/mol. The van der Waals surface area contributed by atoms with Gasteiger partial charge in [-0.05, 0) is 44.9 Å². The van der Waals surface area contributed by atoms with E-state index in [-0.39, 0.29) is 12.5 Å². The van der Waals surface area contributed by atoms with Gasteiger partial charge in [-0.1, -0.05) is 173 Å². The van der Waals surface area contributed by atoms with E-state index in [1.165, 1.54) is 109 Å². The third kappa shape index (κ3) is 25.6. The molecule has 12 unspecified atom stereocenters. The quantitative estimate of drug-likeness (QED) is 0.0225. The first-order valence-electron chi connectivity index (χ1n) is 26.1. The summed E-state index contributed by atoms with van der Waals surface area (Å²) in [7, 11) is 0. The Morgan fingerprint density at radius 2 is 1.02 bits per heavy atom. The third-order valence-corrected chi connectivity index (χ3v) is 12.9. The van der Waals surface area contributed by atoms with Crippen LogP contribution in [0.25, 0.3) is 0 Å². The molecule has 2 saturated heterocycles. The van der Waals surface area contributed by atoms with E-state index in [0.29, 0.717) is 19.3 Å². The molecule has 9 N–H and O–H groups in total. The second kappa shape index (κ2) is 38.3. The summed E-state index contributed by atoms with van der Waals surface area (Å²) in [6.07, 6.45) is 24.6. The highest BCUT2D eigenvalue weighted by molar-refractivity contribution is 5.76. The van der Waals surface area contributed by atoms with Crippen molar-refractivity contribution in [2.24, 2.45) is 0 Å². The van der Waals surface area contributed by atoms with Gasteiger partial charge in [-0.15, -0.1) is 0 Å². The van der Waals surface area contributed by atoms with Gasteiger partial charge in [-0.3, -0.25) is 4.79 Å². The average Bonchev–Trinajstić information content (AvgIpc) is 3.30. The van der Waals surface area contributed by atoms with Gasteiger partial charge in [-0.25, -0.2) is 0 Å². The number of rotatable bonds is 40. The molecule has 14 heteroatoms. The lowest BCUT2D eigenvalue weighted by Gasteiger charge is -2.46. The van der Waals surface area contributed by atoms with Gasteiger partial charge >= 0.3 is 0 Å². The standard InChI is InChI=1S/C51H95NO13/c1-3-5-7-9-11-13-15-17-18-19-20-21-23-25-27-29-31-33-35-43(56)52-39(40(55)34-32-30-28-26-24-22-16-14-12-10-8-6-4-2)38-62-50-48(61)46(59)49(42(37-54)64-50)65-51-47(60)45(58)44(57)41(36-53)63-51/h13,15,18-19,39-42,44-51,53-55,57-61H,3-12,14,16-17,20-38H2,1-2H3,(H,52,56)/b15-13-,19-18-. The van der Waals surface area contributed by atoms with E-state index >= 15 is 0 Å². The fraction of sp³-hybridized carbons (Fsp3) is 0.902. The molecule has 0 aromatic carbocycles. The van der Waals surface area contributed by atoms with E-state index in [2.05, 4.69) is 43.5 Å². The molecule has 2 aliphatic heterocycles. The number of carbonyl (C=O) groups is 1. The topological polar surface area (TPSA) is 228 Å². The molecule has 0 aromatic heterocycles. The molecule has 0 bridgehead atoms. The number of hydrogen-bond acceptors (Lipinski definition) is 13. The summed E-state index contributed by atoms with van der Waals surface area (Å²) < 4.78 is 22.7. The summed E-state index contributed by atoms with van der Waals surface area (Å²) in [6.45, 7) is 2.82.